The molecule has 19 heavy (non-hydrogen) atoms. The van der Waals surface area contributed by atoms with Gasteiger partial charge in [-0.3, -0.25) is 9.69 Å². The molecule has 3 rings (SSSR count). The number of hydrogen-bond donors (Lipinski definition) is 0. The van der Waals surface area contributed by atoms with E-state index in [9.17, 15) is 4.79 Å². The number of rotatable bonds is 3. The van der Waals surface area contributed by atoms with E-state index in [4.69, 9.17) is 0 Å². The maximum atomic E-state index is 12.3. The highest BCUT2D eigenvalue weighted by molar-refractivity contribution is 5.83. The van der Waals surface area contributed by atoms with Crippen LogP contribution >= 0.6 is 0 Å². The highest BCUT2D eigenvalue weighted by Gasteiger charge is 2.24. The fourth-order valence-corrected chi connectivity index (χ4v) is 3.46. The van der Waals surface area contributed by atoms with Crippen LogP contribution in [0.3, 0.4) is 0 Å². The van der Waals surface area contributed by atoms with E-state index in [1.807, 2.05) is 0 Å². The molecule has 0 N–H and O–H groups in total. The topological polar surface area (TPSA) is 20.3 Å². The molecule has 1 aromatic rings. The molecule has 0 spiro atoms. The van der Waals surface area contributed by atoms with Gasteiger partial charge >= 0.3 is 0 Å². The van der Waals surface area contributed by atoms with Crippen molar-refractivity contribution in [2.24, 2.45) is 5.92 Å². The number of nitrogens with zero attached hydrogens (tertiary/aromatic N) is 1. The van der Waals surface area contributed by atoms with Crippen LogP contribution in [0.25, 0.3) is 0 Å². The predicted octanol–water partition coefficient (Wildman–Crippen LogP) is 3.19. The van der Waals surface area contributed by atoms with E-state index in [2.05, 4.69) is 29.2 Å². The zero-order chi connectivity index (χ0) is 13.1. The van der Waals surface area contributed by atoms with Crippen LogP contribution in [0.4, 0.5) is 0 Å². The van der Waals surface area contributed by atoms with Gasteiger partial charge < -0.3 is 0 Å². The minimum Gasteiger partial charge on any atom is -0.298 e. The standard InChI is InChI=1S/C17H23NO/c19-17(15-7-2-1-3-8-15)13-18-11-10-14-6-4-5-9-16(14)12-18/h4-6,9,15H,1-3,7-8,10-13H2. The van der Waals surface area contributed by atoms with Gasteiger partial charge in [0.05, 0.1) is 6.54 Å². The van der Waals surface area contributed by atoms with Gasteiger partial charge in [0.25, 0.3) is 0 Å². The SMILES string of the molecule is O=C(CN1CCc2ccccc2C1)C1CCCCC1. The molecule has 0 bridgehead atoms. The molecule has 2 nitrogen and oxygen atoms in total. The quantitative estimate of drug-likeness (QED) is 0.829. The van der Waals surface area contributed by atoms with Gasteiger partial charge in [0.2, 0.25) is 0 Å². The number of ketones is 1. The lowest BCUT2D eigenvalue weighted by molar-refractivity contribution is -0.125. The van der Waals surface area contributed by atoms with Gasteiger partial charge in [-0.05, 0) is 30.4 Å². The summed E-state index contributed by atoms with van der Waals surface area (Å²) in [5, 5.41) is 0. The summed E-state index contributed by atoms with van der Waals surface area (Å²) >= 11 is 0. The maximum absolute atomic E-state index is 12.3. The largest absolute Gasteiger partial charge is 0.298 e. The van der Waals surface area contributed by atoms with Gasteiger partial charge in [-0.15, -0.1) is 0 Å². The van der Waals surface area contributed by atoms with Crippen molar-refractivity contribution in [1.82, 2.24) is 4.90 Å². The second kappa shape index (κ2) is 5.87. The highest BCUT2D eigenvalue weighted by Crippen LogP contribution is 2.25. The molecule has 0 radical (unpaired) electrons. The Kier molecular flexibility index (Phi) is 3.97. The van der Waals surface area contributed by atoms with Crippen molar-refractivity contribution in [3.05, 3.63) is 35.4 Å². The molecule has 0 amide bonds. The predicted molar refractivity (Wildman–Crippen MR) is 77.0 cm³/mol. The van der Waals surface area contributed by atoms with Crippen LogP contribution in [-0.4, -0.2) is 23.8 Å². The first-order chi connectivity index (χ1) is 9.33. The Bertz CT molecular complexity index is 448. The summed E-state index contributed by atoms with van der Waals surface area (Å²) in [6.45, 7) is 2.66. The van der Waals surface area contributed by atoms with Gasteiger partial charge in [-0.2, -0.15) is 0 Å². The van der Waals surface area contributed by atoms with E-state index >= 15 is 0 Å². The Hall–Kier alpha value is -1.15. The number of hydrogen-bond acceptors (Lipinski definition) is 2. The molecule has 1 aromatic carbocycles. The summed E-state index contributed by atoms with van der Waals surface area (Å²) in [5.74, 6) is 0.838. The third-order valence-corrected chi connectivity index (χ3v) is 4.65. The fraction of sp³-hybridized carbons (Fsp3) is 0.588. The monoisotopic (exact) mass is 257 g/mol. The van der Waals surface area contributed by atoms with Crippen molar-refractivity contribution >= 4 is 5.78 Å². The molecule has 1 saturated carbocycles. The van der Waals surface area contributed by atoms with E-state index in [1.165, 1.54) is 30.4 Å². The lowest BCUT2D eigenvalue weighted by Gasteiger charge is -2.30. The van der Waals surface area contributed by atoms with Crippen molar-refractivity contribution in [3.8, 4) is 0 Å². The van der Waals surface area contributed by atoms with Crippen molar-refractivity contribution in [2.45, 2.75) is 45.1 Å². The van der Waals surface area contributed by atoms with Gasteiger partial charge in [-0.1, -0.05) is 43.5 Å². The molecule has 0 saturated heterocycles. The molecule has 2 heteroatoms. The summed E-state index contributed by atoms with van der Waals surface area (Å²) in [4.78, 5) is 14.7. The average molecular weight is 257 g/mol. The molecule has 102 valence electrons. The number of carbonyl (C=O) groups excluding carboxylic acids is 1. The molecular weight excluding hydrogens is 234 g/mol. The summed E-state index contributed by atoms with van der Waals surface area (Å²) in [6.07, 6.45) is 7.17. The molecule has 1 heterocycles. The molecule has 1 aliphatic carbocycles. The molecule has 1 fully saturated rings. The first-order valence-corrected chi connectivity index (χ1v) is 7.65. The molecule has 0 unspecified atom stereocenters. The highest BCUT2D eigenvalue weighted by atomic mass is 16.1. The van der Waals surface area contributed by atoms with Gasteiger partial charge in [0.15, 0.2) is 0 Å². The van der Waals surface area contributed by atoms with Crippen LogP contribution in [0.15, 0.2) is 24.3 Å². The first kappa shape index (κ1) is 12.9. The Morgan fingerprint density at radius 1 is 1.11 bits per heavy atom. The lowest BCUT2D eigenvalue weighted by atomic mass is 9.86. The van der Waals surface area contributed by atoms with Gasteiger partial charge in [0, 0.05) is 19.0 Å². The Morgan fingerprint density at radius 3 is 2.63 bits per heavy atom. The van der Waals surface area contributed by atoms with Crippen molar-refractivity contribution in [2.75, 3.05) is 13.1 Å². The van der Waals surface area contributed by atoms with Crippen LogP contribution < -0.4 is 0 Å². The molecular formula is C17H23NO. The second-order valence-electron chi connectivity index (χ2n) is 6.03. The van der Waals surface area contributed by atoms with Crippen molar-refractivity contribution in [1.29, 1.82) is 0 Å². The molecule has 1 aliphatic heterocycles. The van der Waals surface area contributed by atoms with Crippen molar-refractivity contribution < 1.29 is 4.79 Å². The number of Topliss-reactive ketones (excluding diaryl/α,β-unsaturated/α-hetero) is 1. The fourth-order valence-electron chi connectivity index (χ4n) is 3.46. The van der Waals surface area contributed by atoms with Crippen LogP contribution in [0.5, 0.6) is 0 Å². The molecule has 2 aliphatic rings. The van der Waals surface area contributed by atoms with E-state index < -0.39 is 0 Å². The zero-order valence-electron chi connectivity index (χ0n) is 11.6. The number of carbonyl (C=O) groups is 1. The summed E-state index contributed by atoms with van der Waals surface area (Å²) < 4.78 is 0. The summed E-state index contributed by atoms with van der Waals surface area (Å²) in [5.41, 5.74) is 2.87. The Balaban J connectivity index is 1.58. The van der Waals surface area contributed by atoms with Crippen LogP contribution in [-0.2, 0) is 17.8 Å². The third kappa shape index (κ3) is 3.06. The smallest absolute Gasteiger partial charge is 0.149 e. The second-order valence-corrected chi connectivity index (χ2v) is 6.03. The lowest BCUT2D eigenvalue weighted by Crippen LogP contribution is -2.37. The number of fused-ring (bicyclic) bond motifs is 1. The minimum atomic E-state index is 0.353. The van der Waals surface area contributed by atoms with Gasteiger partial charge in [-0.25, -0.2) is 0 Å². The molecule has 0 atom stereocenters. The van der Waals surface area contributed by atoms with Gasteiger partial charge in [0.1, 0.15) is 5.78 Å². The zero-order valence-corrected chi connectivity index (χ0v) is 11.6. The average Bonchev–Trinajstić information content (AvgIpc) is 2.48. The maximum Gasteiger partial charge on any atom is 0.149 e. The first-order valence-electron chi connectivity index (χ1n) is 7.65. The normalized spacial score (nSPS) is 21.1. The van der Waals surface area contributed by atoms with Crippen LogP contribution in [0, 0.1) is 5.92 Å². The molecule has 0 aromatic heterocycles. The van der Waals surface area contributed by atoms with Crippen molar-refractivity contribution in [3.63, 3.8) is 0 Å². The van der Waals surface area contributed by atoms with E-state index in [0.717, 1.165) is 32.4 Å². The number of benzene rings is 1. The van der Waals surface area contributed by atoms with E-state index in [-0.39, 0.29) is 0 Å². The van der Waals surface area contributed by atoms with E-state index in [1.54, 1.807) is 0 Å². The Labute approximate surface area is 115 Å². The third-order valence-electron chi connectivity index (χ3n) is 4.65. The Morgan fingerprint density at radius 2 is 1.84 bits per heavy atom. The van der Waals surface area contributed by atoms with E-state index in [0.29, 0.717) is 18.2 Å². The minimum absolute atomic E-state index is 0.353. The summed E-state index contributed by atoms with van der Waals surface area (Å²) in [7, 11) is 0. The van der Waals surface area contributed by atoms with Crippen LogP contribution in [0.2, 0.25) is 0 Å². The van der Waals surface area contributed by atoms with Crippen LogP contribution in [0.1, 0.15) is 43.2 Å². The summed E-state index contributed by atoms with van der Waals surface area (Å²) in [6, 6.07) is 8.63.